The van der Waals surface area contributed by atoms with Gasteiger partial charge >= 0.3 is 0 Å². The maximum Gasteiger partial charge on any atom is 0.0859 e. The summed E-state index contributed by atoms with van der Waals surface area (Å²) in [4.78, 5) is 4.08. The van der Waals surface area contributed by atoms with E-state index in [1.54, 1.807) is 12.4 Å². The Morgan fingerprint density at radius 3 is 2.65 bits per heavy atom. The number of hydroxylamine groups is 2. The van der Waals surface area contributed by atoms with E-state index in [9.17, 15) is 5.21 Å². The Balaban J connectivity index is 2.16. The van der Waals surface area contributed by atoms with Crippen LogP contribution in [-0.4, -0.2) is 20.8 Å². The van der Waals surface area contributed by atoms with Crippen LogP contribution >= 0.6 is 0 Å². The summed E-state index contributed by atoms with van der Waals surface area (Å²) in [5.41, 5.74) is 3.35. The normalized spacial score (nSPS) is 26.2. The van der Waals surface area contributed by atoms with E-state index in [4.69, 9.17) is 0 Å². The van der Waals surface area contributed by atoms with Crippen molar-refractivity contribution in [3.8, 4) is 0 Å². The lowest BCUT2D eigenvalue weighted by molar-refractivity contribution is -0.198. The first-order valence-corrected chi connectivity index (χ1v) is 7.11. The summed E-state index contributed by atoms with van der Waals surface area (Å²) in [5.74, 6) is 0. The van der Waals surface area contributed by atoms with Gasteiger partial charge in [-0.25, -0.2) is 0 Å². The second-order valence-corrected chi connectivity index (χ2v) is 5.75. The van der Waals surface area contributed by atoms with Gasteiger partial charge in [0.25, 0.3) is 0 Å². The Labute approximate surface area is 119 Å². The highest BCUT2D eigenvalue weighted by molar-refractivity contribution is 5.40. The van der Waals surface area contributed by atoms with Gasteiger partial charge in [-0.2, -0.15) is 5.06 Å². The first-order chi connectivity index (χ1) is 9.65. The van der Waals surface area contributed by atoms with E-state index in [1.165, 1.54) is 16.2 Å². The largest absolute Gasteiger partial charge is 0.313 e. The Kier molecular flexibility index (Phi) is 3.32. The topological polar surface area (TPSA) is 36.4 Å². The molecule has 3 heteroatoms. The van der Waals surface area contributed by atoms with E-state index in [0.29, 0.717) is 0 Å². The molecule has 1 aromatic carbocycles. The van der Waals surface area contributed by atoms with Crippen molar-refractivity contribution in [1.82, 2.24) is 10.0 Å². The molecule has 3 nitrogen and oxygen atoms in total. The third-order valence-electron chi connectivity index (χ3n) is 4.50. The molecule has 1 N–H and O–H groups in total. The molecule has 2 atom stereocenters. The van der Waals surface area contributed by atoms with Crippen molar-refractivity contribution in [3.63, 3.8) is 0 Å². The second kappa shape index (κ2) is 5.00. The highest BCUT2D eigenvalue weighted by Crippen LogP contribution is 2.42. The van der Waals surface area contributed by atoms with Crippen LogP contribution in [0.1, 0.15) is 43.0 Å². The van der Waals surface area contributed by atoms with Crippen molar-refractivity contribution < 1.29 is 5.21 Å². The number of nitrogens with zero attached hydrogens (tertiary/aromatic N) is 2. The van der Waals surface area contributed by atoms with Crippen LogP contribution in [0, 0.1) is 0 Å². The minimum absolute atomic E-state index is 0.118. The second-order valence-electron chi connectivity index (χ2n) is 5.75. The lowest BCUT2D eigenvalue weighted by atomic mass is 9.79. The Morgan fingerprint density at radius 2 is 1.95 bits per heavy atom. The van der Waals surface area contributed by atoms with Gasteiger partial charge in [0.1, 0.15) is 0 Å². The van der Waals surface area contributed by atoms with Crippen LogP contribution in [0.5, 0.6) is 0 Å². The van der Waals surface area contributed by atoms with Crippen LogP contribution in [0.25, 0.3) is 0 Å². The number of benzene rings is 1. The Bertz CT molecular complexity index is 599. The fraction of sp³-hybridized carbons (Fsp3) is 0.353. The molecule has 2 unspecified atom stereocenters. The minimum Gasteiger partial charge on any atom is -0.313 e. The Morgan fingerprint density at radius 1 is 1.25 bits per heavy atom. The lowest BCUT2D eigenvalue weighted by Crippen LogP contribution is -2.51. The first kappa shape index (κ1) is 13.3. The SMILES string of the molecule is CCC1(C)Cc2ccccc2C(c2ccncc2)N1O. The van der Waals surface area contributed by atoms with Gasteiger partial charge in [-0.3, -0.25) is 4.98 Å². The summed E-state index contributed by atoms with van der Waals surface area (Å²) < 4.78 is 0. The number of fused-ring (bicyclic) bond motifs is 1. The zero-order chi connectivity index (χ0) is 14.2. The van der Waals surface area contributed by atoms with Crippen molar-refractivity contribution in [2.75, 3.05) is 0 Å². The summed E-state index contributed by atoms with van der Waals surface area (Å²) in [7, 11) is 0. The van der Waals surface area contributed by atoms with Crippen LogP contribution in [-0.2, 0) is 6.42 Å². The average molecular weight is 268 g/mol. The predicted molar refractivity (Wildman–Crippen MR) is 78.5 cm³/mol. The van der Waals surface area contributed by atoms with Crippen molar-refractivity contribution in [2.24, 2.45) is 0 Å². The molecule has 0 aliphatic carbocycles. The molecule has 1 aromatic heterocycles. The molecule has 0 bridgehead atoms. The standard InChI is InChI=1S/C17H20N2O/c1-3-17(2)12-14-6-4-5-7-15(14)16(19(17)20)13-8-10-18-11-9-13/h4-11,16,20H,3,12H2,1-2H3. The number of rotatable bonds is 2. The molecule has 1 aliphatic rings. The smallest absolute Gasteiger partial charge is 0.0859 e. The van der Waals surface area contributed by atoms with Crippen molar-refractivity contribution in [1.29, 1.82) is 0 Å². The minimum atomic E-state index is -0.234. The molecule has 3 rings (SSSR count). The third-order valence-corrected chi connectivity index (χ3v) is 4.50. The van der Waals surface area contributed by atoms with Crippen LogP contribution < -0.4 is 0 Å². The molecule has 0 saturated heterocycles. The third kappa shape index (κ3) is 2.03. The molecular weight excluding hydrogens is 248 g/mol. The fourth-order valence-electron chi connectivity index (χ4n) is 3.05. The van der Waals surface area contributed by atoms with Gasteiger partial charge in [0, 0.05) is 17.9 Å². The van der Waals surface area contributed by atoms with E-state index >= 15 is 0 Å². The Hall–Kier alpha value is -1.71. The number of hydrogen-bond acceptors (Lipinski definition) is 3. The van der Waals surface area contributed by atoms with Crippen molar-refractivity contribution in [2.45, 2.75) is 38.3 Å². The summed E-state index contributed by atoms with van der Waals surface area (Å²) in [6.45, 7) is 4.25. The van der Waals surface area contributed by atoms with Crippen molar-refractivity contribution in [3.05, 3.63) is 65.5 Å². The molecule has 0 fully saturated rings. The summed E-state index contributed by atoms with van der Waals surface area (Å²) in [6.07, 6.45) is 5.34. The van der Waals surface area contributed by atoms with Crippen LogP contribution in [0.15, 0.2) is 48.8 Å². The predicted octanol–water partition coefficient (Wildman–Crippen LogP) is 3.59. The van der Waals surface area contributed by atoms with Crippen LogP contribution in [0.2, 0.25) is 0 Å². The van der Waals surface area contributed by atoms with E-state index in [-0.39, 0.29) is 11.6 Å². The molecule has 104 valence electrons. The van der Waals surface area contributed by atoms with Gasteiger partial charge in [-0.1, -0.05) is 31.2 Å². The van der Waals surface area contributed by atoms with E-state index in [2.05, 4.69) is 37.0 Å². The summed E-state index contributed by atoms with van der Waals surface area (Å²) in [6, 6.07) is 12.2. The van der Waals surface area contributed by atoms with Gasteiger partial charge in [0.2, 0.25) is 0 Å². The fourth-order valence-corrected chi connectivity index (χ4v) is 3.05. The molecule has 2 heterocycles. The maximum absolute atomic E-state index is 10.8. The van der Waals surface area contributed by atoms with Gasteiger partial charge in [0.15, 0.2) is 0 Å². The molecule has 0 spiro atoms. The number of aromatic nitrogens is 1. The summed E-state index contributed by atoms with van der Waals surface area (Å²) in [5, 5.41) is 12.3. The monoisotopic (exact) mass is 268 g/mol. The molecule has 0 amide bonds. The maximum atomic E-state index is 10.8. The quantitative estimate of drug-likeness (QED) is 0.904. The number of pyridine rings is 1. The molecular formula is C17H20N2O. The molecule has 2 aromatic rings. The van der Waals surface area contributed by atoms with Crippen molar-refractivity contribution >= 4 is 0 Å². The van der Waals surface area contributed by atoms with Crippen LogP contribution in [0.4, 0.5) is 0 Å². The zero-order valence-corrected chi connectivity index (χ0v) is 12.0. The van der Waals surface area contributed by atoms with Gasteiger partial charge in [-0.05, 0) is 48.6 Å². The average Bonchev–Trinajstić information content (AvgIpc) is 2.49. The molecule has 1 aliphatic heterocycles. The van der Waals surface area contributed by atoms with E-state index in [1.807, 2.05) is 18.2 Å². The zero-order valence-electron chi connectivity index (χ0n) is 12.0. The van der Waals surface area contributed by atoms with E-state index < -0.39 is 0 Å². The number of hydrogen-bond donors (Lipinski definition) is 1. The van der Waals surface area contributed by atoms with Gasteiger partial charge in [0.05, 0.1) is 6.04 Å². The lowest BCUT2D eigenvalue weighted by Gasteiger charge is -2.46. The van der Waals surface area contributed by atoms with Crippen LogP contribution in [0.3, 0.4) is 0 Å². The van der Waals surface area contributed by atoms with E-state index in [0.717, 1.165) is 18.4 Å². The summed E-state index contributed by atoms with van der Waals surface area (Å²) >= 11 is 0. The van der Waals surface area contributed by atoms with Gasteiger partial charge in [-0.15, -0.1) is 0 Å². The molecule has 0 radical (unpaired) electrons. The first-order valence-electron chi connectivity index (χ1n) is 7.11. The highest BCUT2D eigenvalue weighted by atomic mass is 16.5. The molecule has 0 saturated carbocycles. The van der Waals surface area contributed by atoms with Gasteiger partial charge < -0.3 is 5.21 Å². The molecule has 20 heavy (non-hydrogen) atoms. The highest BCUT2D eigenvalue weighted by Gasteiger charge is 2.41.